The molecule has 1 aliphatic heterocycles. The quantitative estimate of drug-likeness (QED) is 0.553. The number of ether oxygens (including phenoxy) is 1. The molecule has 0 radical (unpaired) electrons. The van der Waals surface area contributed by atoms with Crippen LogP contribution in [0.2, 0.25) is 0 Å². The highest BCUT2D eigenvalue weighted by Gasteiger charge is 2.56. The maximum absolute atomic E-state index is 12.8. The van der Waals surface area contributed by atoms with Crippen molar-refractivity contribution >= 4 is 23.2 Å². The van der Waals surface area contributed by atoms with E-state index < -0.39 is 5.41 Å². The zero-order chi connectivity index (χ0) is 18.4. The van der Waals surface area contributed by atoms with Crippen molar-refractivity contribution < 1.29 is 14.3 Å². The van der Waals surface area contributed by atoms with Crippen molar-refractivity contribution in [1.82, 2.24) is 5.32 Å². The molecule has 0 spiro atoms. The molecule has 0 unspecified atom stereocenters. The van der Waals surface area contributed by atoms with E-state index in [2.05, 4.69) is 22.5 Å². The van der Waals surface area contributed by atoms with Crippen molar-refractivity contribution in [1.29, 1.82) is 0 Å². The van der Waals surface area contributed by atoms with Crippen LogP contribution < -0.4 is 15.5 Å². The van der Waals surface area contributed by atoms with E-state index in [1.54, 1.807) is 0 Å². The number of morpholine rings is 1. The molecule has 2 N–H and O–H groups in total. The topological polar surface area (TPSA) is 70.7 Å². The molecule has 0 bridgehead atoms. The summed E-state index contributed by atoms with van der Waals surface area (Å²) in [6.45, 7) is 5.75. The fraction of sp³-hybridized carbons (Fsp3) is 0.600. The molecule has 2 amide bonds. The average Bonchev–Trinajstić information content (AvgIpc) is 3.48. The Morgan fingerprint density at radius 1 is 1.12 bits per heavy atom. The highest BCUT2D eigenvalue weighted by Crippen LogP contribution is 2.47. The summed E-state index contributed by atoms with van der Waals surface area (Å²) in [5.41, 5.74) is 0.873. The highest BCUT2D eigenvalue weighted by atomic mass is 16.5. The lowest BCUT2D eigenvalue weighted by atomic mass is 10.0. The lowest BCUT2D eigenvalue weighted by molar-refractivity contribution is -0.134. The van der Waals surface area contributed by atoms with E-state index >= 15 is 0 Å². The van der Waals surface area contributed by atoms with Gasteiger partial charge in [0, 0.05) is 19.6 Å². The first-order valence-corrected chi connectivity index (χ1v) is 9.69. The molecule has 1 heterocycles. The Hall–Kier alpha value is -2.08. The van der Waals surface area contributed by atoms with Gasteiger partial charge < -0.3 is 20.3 Å². The lowest BCUT2D eigenvalue weighted by Gasteiger charge is -2.30. The van der Waals surface area contributed by atoms with Gasteiger partial charge in [-0.25, -0.2) is 0 Å². The molecule has 6 heteroatoms. The first-order valence-electron chi connectivity index (χ1n) is 9.69. The van der Waals surface area contributed by atoms with Gasteiger partial charge in [0.15, 0.2) is 0 Å². The molecule has 1 aromatic carbocycles. The van der Waals surface area contributed by atoms with Crippen LogP contribution in [0.3, 0.4) is 0 Å². The predicted octanol–water partition coefficient (Wildman–Crippen LogP) is 2.55. The fourth-order valence-electron chi connectivity index (χ4n) is 3.33. The molecule has 1 aliphatic carbocycles. The van der Waals surface area contributed by atoms with Gasteiger partial charge in [-0.15, -0.1) is 0 Å². The SMILES string of the molecule is CCCCCNC(=O)C1(C(=O)Nc2ccccc2N2CCOCC2)CC1. The second-order valence-electron chi connectivity index (χ2n) is 7.12. The molecule has 26 heavy (non-hydrogen) atoms. The van der Waals surface area contributed by atoms with E-state index in [0.29, 0.717) is 32.6 Å². The normalized spacial score (nSPS) is 18.3. The van der Waals surface area contributed by atoms with Crippen LogP contribution in [0.15, 0.2) is 24.3 Å². The largest absolute Gasteiger partial charge is 0.378 e. The Balaban J connectivity index is 1.63. The number of para-hydroxylation sites is 2. The minimum Gasteiger partial charge on any atom is -0.378 e. The van der Waals surface area contributed by atoms with Gasteiger partial charge in [-0.3, -0.25) is 9.59 Å². The summed E-state index contributed by atoms with van der Waals surface area (Å²) in [5.74, 6) is -0.318. The number of carbonyl (C=O) groups is 2. The molecule has 3 rings (SSSR count). The number of benzene rings is 1. The predicted molar refractivity (Wildman–Crippen MR) is 102 cm³/mol. The number of rotatable bonds is 8. The number of hydrogen-bond donors (Lipinski definition) is 2. The Kier molecular flexibility index (Phi) is 6.14. The van der Waals surface area contributed by atoms with Crippen LogP contribution in [0.25, 0.3) is 0 Å². The first kappa shape index (κ1) is 18.7. The van der Waals surface area contributed by atoms with Crippen LogP contribution in [0.1, 0.15) is 39.0 Å². The smallest absolute Gasteiger partial charge is 0.240 e. The van der Waals surface area contributed by atoms with Gasteiger partial charge in [0.1, 0.15) is 5.41 Å². The van der Waals surface area contributed by atoms with Crippen LogP contribution in [0, 0.1) is 5.41 Å². The van der Waals surface area contributed by atoms with Gasteiger partial charge in [0.05, 0.1) is 24.6 Å². The zero-order valence-corrected chi connectivity index (χ0v) is 15.6. The van der Waals surface area contributed by atoms with Crippen LogP contribution >= 0.6 is 0 Å². The van der Waals surface area contributed by atoms with Crippen LogP contribution in [-0.2, 0) is 14.3 Å². The van der Waals surface area contributed by atoms with Gasteiger partial charge in [0.25, 0.3) is 0 Å². The highest BCUT2D eigenvalue weighted by molar-refractivity contribution is 6.13. The molecule has 142 valence electrons. The van der Waals surface area contributed by atoms with Gasteiger partial charge in [-0.1, -0.05) is 31.9 Å². The van der Waals surface area contributed by atoms with Crippen molar-refractivity contribution in [2.75, 3.05) is 43.1 Å². The second kappa shape index (κ2) is 8.54. The summed E-state index contributed by atoms with van der Waals surface area (Å²) in [5, 5.41) is 5.95. The van der Waals surface area contributed by atoms with Crippen molar-refractivity contribution in [3.05, 3.63) is 24.3 Å². The number of anilines is 2. The average molecular weight is 359 g/mol. The molecule has 2 fully saturated rings. The van der Waals surface area contributed by atoms with Gasteiger partial charge in [0.2, 0.25) is 11.8 Å². The molecule has 6 nitrogen and oxygen atoms in total. The summed E-state index contributed by atoms with van der Waals surface area (Å²) in [4.78, 5) is 27.6. The molecule has 1 saturated carbocycles. The number of nitrogens with zero attached hydrogens (tertiary/aromatic N) is 1. The summed E-state index contributed by atoms with van der Waals surface area (Å²) in [6.07, 6.45) is 4.41. The van der Waals surface area contributed by atoms with Gasteiger partial charge in [-0.2, -0.15) is 0 Å². The third kappa shape index (κ3) is 4.18. The van der Waals surface area contributed by atoms with Crippen molar-refractivity contribution in [2.45, 2.75) is 39.0 Å². The number of carbonyl (C=O) groups excluding carboxylic acids is 2. The Labute approximate surface area is 155 Å². The third-order valence-electron chi connectivity index (χ3n) is 5.19. The van der Waals surface area contributed by atoms with E-state index in [4.69, 9.17) is 4.74 Å². The van der Waals surface area contributed by atoms with Crippen LogP contribution in [0.5, 0.6) is 0 Å². The first-order chi connectivity index (χ1) is 12.7. The Bertz CT molecular complexity index is 637. The number of hydrogen-bond acceptors (Lipinski definition) is 4. The molecular weight excluding hydrogens is 330 g/mol. The lowest BCUT2D eigenvalue weighted by Crippen LogP contribution is -2.41. The van der Waals surface area contributed by atoms with E-state index in [0.717, 1.165) is 43.7 Å². The monoisotopic (exact) mass is 359 g/mol. The van der Waals surface area contributed by atoms with E-state index in [1.807, 2.05) is 24.3 Å². The van der Waals surface area contributed by atoms with E-state index in [1.165, 1.54) is 0 Å². The number of unbranched alkanes of at least 4 members (excludes halogenated alkanes) is 2. The van der Waals surface area contributed by atoms with Gasteiger partial charge in [-0.05, 0) is 31.4 Å². The second-order valence-corrected chi connectivity index (χ2v) is 7.12. The Morgan fingerprint density at radius 2 is 1.85 bits per heavy atom. The van der Waals surface area contributed by atoms with E-state index in [-0.39, 0.29) is 11.8 Å². The molecule has 1 aromatic rings. The molecule has 1 saturated heterocycles. The molecule has 2 aliphatic rings. The number of nitrogens with one attached hydrogen (secondary N) is 2. The summed E-state index contributed by atoms with van der Waals surface area (Å²) >= 11 is 0. The van der Waals surface area contributed by atoms with Crippen molar-refractivity contribution in [2.24, 2.45) is 5.41 Å². The number of amides is 2. The standard InChI is InChI=1S/C20H29N3O3/c1-2-3-6-11-21-18(24)20(9-10-20)19(25)22-16-7-4-5-8-17(16)23-12-14-26-15-13-23/h4-5,7-8H,2-3,6,9-15H2,1H3,(H,21,24)(H,22,25). The van der Waals surface area contributed by atoms with Crippen LogP contribution in [0.4, 0.5) is 11.4 Å². The van der Waals surface area contributed by atoms with E-state index in [9.17, 15) is 9.59 Å². The van der Waals surface area contributed by atoms with Crippen molar-refractivity contribution in [3.8, 4) is 0 Å². The van der Waals surface area contributed by atoms with Crippen molar-refractivity contribution in [3.63, 3.8) is 0 Å². The molecule has 0 atom stereocenters. The minimum absolute atomic E-state index is 0.130. The summed E-state index contributed by atoms with van der Waals surface area (Å²) in [7, 11) is 0. The minimum atomic E-state index is -0.885. The van der Waals surface area contributed by atoms with Crippen LogP contribution in [-0.4, -0.2) is 44.7 Å². The molecular formula is C20H29N3O3. The Morgan fingerprint density at radius 3 is 2.54 bits per heavy atom. The summed E-state index contributed by atoms with van der Waals surface area (Å²) in [6, 6.07) is 7.78. The zero-order valence-electron chi connectivity index (χ0n) is 15.6. The van der Waals surface area contributed by atoms with Gasteiger partial charge >= 0.3 is 0 Å². The fourth-order valence-corrected chi connectivity index (χ4v) is 3.33. The maximum atomic E-state index is 12.8. The molecule has 0 aromatic heterocycles. The maximum Gasteiger partial charge on any atom is 0.240 e. The third-order valence-corrected chi connectivity index (χ3v) is 5.19. The summed E-state index contributed by atoms with van der Waals surface area (Å²) < 4.78 is 5.41.